The summed E-state index contributed by atoms with van der Waals surface area (Å²) >= 11 is 24.7. The Morgan fingerprint density at radius 2 is 1.59 bits per heavy atom. The molecule has 1 aliphatic rings. The van der Waals surface area contributed by atoms with Gasteiger partial charge in [-0.15, -0.1) is 0 Å². The number of hydrogen-bond donors (Lipinski definition) is 1. The van der Waals surface area contributed by atoms with E-state index in [0.29, 0.717) is 0 Å². The van der Waals surface area contributed by atoms with E-state index < -0.39 is 0 Å². The first kappa shape index (κ1) is 18.7. The average molecular weight is 439 g/mol. The van der Waals surface area contributed by atoms with Gasteiger partial charge in [-0.25, -0.2) is 4.99 Å². The van der Waals surface area contributed by atoms with E-state index in [1.165, 1.54) is 22.6 Å². The maximum Gasteiger partial charge on any atom is 0.200 e. The number of anilines is 1. The Labute approximate surface area is 177 Å². The second kappa shape index (κ2) is 7.06. The van der Waals surface area contributed by atoms with E-state index in [-0.39, 0.29) is 31.7 Å². The lowest BCUT2D eigenvalue weighted by Gasteiger charge is -2.21. The molecular weight excluding hydrogens is 424 g/mol. The number of nitrogens with two attached hydrogens (primary N) is 1. The van der Waals surface area contributed by atoms with Gasteiger partial charge in [0.25, 0.3) is 0 Å². The number of nitrogens with zero attached hydrogens (tertiary/aromatic N) is 2. The number of guanidine groups is 1. The number of rotatable bonds is 2. The fourth-order valence-corrected chi connectivity index (χ4v) is 4.38. The second-order valence-electron chi connectivity index (χ2n) is 6.43. The predicted octanol–water partition coefficient (Wildman–Crippen LogP) is 6.63. The molecule has 4 rings (SSSR count). The minimum absolute atomic E-state index is 0.211. The summed E-state index contributed by atoms with van der Waals surface area (Å²) in [6, 6.07) is 12.0. The smallest absolute Gasteiger partial charge is 0.200 e. The van der Waals surface area contributed by atoms with Crippen LogP contribution in [0.1, 0.15) is 11.1 Å². The van der Waals surface area contributed by atoms with E-state index in [2.05, 4.69) is 35.3 Å². The second-order valence-corrected chi connectivity index (χ2v) is 8.00. The molecule has 0 saturated carbocycles. The molecule has 138 valence electrons. The Hall–Kier alpha value is -1.65. The largest absolute Gasteiger partial charge is 0.369 e. The molecule has 27 heavy (non-hydrogen) atoms. The van der Waals surface area contributed by atoms with Crippen LogP contribution >= 0.6 is 46.4 Å². The molecule has 0 saturated heterocycles. The first-order chi connectivity index (χ1) is 12.9. The van der Waals surface area contributed by atoms with Crippen molar-refractivity contribution < 1.29 is 0 Å². The van der Waals surface area contributed by atoms with Gasteiger partial charge in [-0.1, -0.05) is 70.7 Å². The average Bonchev–Trinajstić information content (AvgIpc) is 3.08. The van der Waals surface area contributed by atoms with Gasteiger partial charge in [0.1, 0.15) is 5.69 Å². The Morgan fingerprint density at radius 3 is 2.26 bits per heavy atom. The molecule has 0 amide bonds. The molecule has 0 unspecified atom stereocenters. The quantitative estimate of drug-likeness (QED) is 0.277. The zero-order valence-corrected chi connectivity index (χ0v) is 17.4. The van der Waals surface area contributed by atoms with E-state index in [1.54, 1.807) is 0 Å². The minimum atomic E-state index is 0.211. The molecule has 1 aliphatic carbocycles. The highest BCUT2D eigenvalue weighted by Crippen LogP contribution is 2.43. The normalized spacial score (nSPS) is 13.4. The van der Waals surface area contributed by atoms with Crippen molar-refractivity contribution >= 4 is 74.5 Å². The van der Waals surface area contributed by atoms with E-state index >= 15 is 0 Å². The monoisotopic (exact) mass is 437 g/mol. The summed E-state index contributed by atoms with van der Waals surface area (Å²) in [6.07, 6.45) is 2.13. The lowest BCUT2D eigenvalue weighted by molar-refractivity contribution is 1.02. The van der Waals surface area contributed by atoms with Gasteiger partial charge >= 0.3 is 0 Å². The molecule has 0 radical (unpaired) electrons. The number of aliphatic imine (C=N–C) groups is 1. The van der Waals surface area contributed by atoms with Gasteiger partial charge in [0, 0.05) is 12.4 Å². The van der Waals surface area contributed by atoms with Crippen LogP contribution in [0.3, 0.4) is 0 Å². The number of halogens is 4. The maximum absolute atomic E-state index is 6.27. The zero-order chi connectivity index (χ0) is 19.3. The summed E-state index contributed by atoms with van der Waals surface area (Å²) in [7, 11) is 1.85. The van der Waals surface area contributed by atoms with E-state index in [1.807, 2.05) is 11.9 Å². The van der Waals surface area contributed by atoms with Crippen molar-refractivity contribution in [1.82, 2.24) is 0 Å². The third-order valence-electron chi connectivity index (χ3n) is 4.87. The van der Waals surface area contributed by atoms with Gasteiger partial charge in [0.05, 0.1) is 25.8 Å². The molecule has 0 aliphatic heterocycles. The lowest BCUT2D eigenvalue weighted by atomic mass is 10.0. The van der Waals surface area contributed by atoms with Crippen LogP contribution < -0.4 is 10.6 Å². The van der Waals surface area contributed by atoms with Gasteiger partial charge in [0.2, 0.25) is 5.96 Å². The van der Waals surface area contributed by atoms with Crippen LogP contribution in [0, 0.1) is 0 Å². The maximum atomic E-state index is 6.27. The van der Waals surface area contributed by atoms with Crippen LogP contribution in [0.4, 0.5) is 11.4 Å². The molecule has 0 heterocycles. The summed E-state index contributed by atoms with van der Waals surface area (Å²) in [5.41, 5.74) is 10.2. The van der Waals surface area contributed by atoms with E-state index in [4.69, 9.17) is 52.1 Å². The summed E-state index contributed by atoms with van der Waals surface area (Å²) in [5, 5.41) is 3.41. The zero-order valence-electron chi connectivity index (χ0n) is 14.4. The molecule has 0 atom stereocenters. The molecular formula is C20H15Cl4N3. The Balaban J connectivity index is 1.82. The highest BCUT2D eigenvalue weighted by Gasteiger charge is 2.19. The van der Waals surface area contributed by atoms with Crippen LogP contribution in [0.5, 0.6) is 0 Å². The van der Waals surface area contributed by atoms with Crippen LogP contribution in [0.25, 0.3) is 10.8 Å². The number of hydrogen-bond acceptors (Lipinski definition) is 1. The van der Waals surface area contributed by atoms with E-state index in [0.717, 1.165) is 23.9 Å². The summed E-state index contributed by atoms with van der Waals surface area (Å²) < 4.78 is 0. The van der Waals surface area contributed by atoms with Crippen molar-refractivity contribution in [2.45, 2.75) is 12.8 Å². The molecule has 0 bridgehead atoms. The molecule has 3 aromatic rings. The van der Waals surface area contributed by atoms with Crippen LogP contribution in [-0.2, 0) is 12.8 Å². The van der Waals surface area contributed by atoms with Crippen LogP contribution in [0.15, 0.2) is 41.4 Å². The Bertz CT molecular complexity index is 1070. The summed E-state index contributed by atoms with van der Waals surface area (Å²) in [5.74, 6) is 0.232. The van der Waals surface area contributed by atoms with Crippen LogP contribution in [-0.4, -0.2) is 13.0 Å². The van der Waals surface area contributed by atoms with Gasteiger partial charge in [-0.2, -0.15) is 0 Å². The minimum Gasteiger partial charge on any atom is -0.369 e. The summed E-state index contributed by atoms with van der Waals surface area (Å²) in [6.45, 7) is 0. The molecule has 0 aromatic heterocycles. The summed E-state index contributed by atoms with van der Waals surface area (Å²) in [4.78, 5) is 6.22. The molecule has 0 fully saturated rings. The third-order valence-corrected chi connectivity index (χ3v) is 6.43. The van der Waals surface area contributed by atoms with Crippen molar-refractivity contribution in [2.75, 3.05) is 11.9 Å². The van der Waals surface area contributed by atoms with Gasteiger partial charge in [-0.05, 0) is 41.5 Å². The highest BCUT2D eigenvalue weighted by atomic mass is 35.5. The standard InChI is InChI=1S/C20H15Cl4N3/c1-27(20(25)26-19-17(23)13(21)9-14(22)18(19)24)15-8-7-11-6-5-10-3-2-4-12(15)16(10)11/h2-4,7-9H,5-6H2,1H3,(H2,25,26). The van der Waals surface area contributed by atoms with Gasteiger partial charge in [0.15, 0.2) is 0 Å². The molecule has 2 N–H and O–H groups in total. The van der Waals surface area contributed by atoms with Crippen LogP contribution in [0.2, 0.25) is 20.1 Å². The lowest BCUT2D eigenvalue weighted by Crippen LogP contribution is -2.33. The molecule has 0 spiro atoms. The molecule has 3 aromatic carbocycles. The highest BCUT2D eigenvalue weighted by molar-refractivity contribution is 6.50. The van der Waals surface area contributed by atoms with Crippen molar-refractivity contribution in [3.05, 3.63) is 67.6 Å². The topological polar surface area (TPSA) is 41.6 Å². The fraction of sp³-hybridized carbons (Fsp3) is 0.150. The Morgan fingerprint density at radius 1 is 0.963 bits per heavy atom. The molecule has 3 nitrogen and oxygen atoms in total. The van der Waals surface area contributed by atoms with E-state index in [9.17, 15) is 0 Å². The van der Waals surface area contributed by atoms with Crippen molar-refractivity contribution in [1.29, 1.82) is 0 Å². The van der Waals surface area contributed by atoms with Crippen molar-refractivity contribution in [3.63, 3.8) is 0 Å². The first-order valence-corrected chi connectivity index (χ1v) is 9.84. The van der Waals surface area contributed by atoms with Crippen molar-refractivity contribution in [3.8, 4) is 0 Å². The third kappa shape index (κ3) is 3.13. The SMILES string of the molecule is CN(C(N)=Nc1c(Cl)c(Cl)cc(Cl)c1Cl)c1ccc2c3c(cccc13)CC2. The molecule has 7 heteroatoms. The van der Waals surface area contributed by atoms with Gasteiger partial charge < -0.3 is 10.6 Å². The number of aryl methyl sites for hydroxylation is 2. The Kier molecular flexibility index (Phi) is 4.89. The van der Waals surface area contributed by atoms with Crippen molar-refractivity contribution in [2.24, 2.45) is 10.7 Å². The number of benzene rings is 3. The van der Waals surface area contributed by atoms with Gasteiger partial charge in [-0.3, -0.25) is 0 Å². The fourth-order valence-electron chi connectivity index (χ4n) is 3.50. The first-order valence-electron chi connectivity index (χ1n) is 8.33. The predicted molar refractivity (Wildman–Crippen MR) is 118 cm³/mol.